The number of hydrogen-bond acceptors (Lipinski definition) is 11. The van der Waals surface area contributed by atoms with E-state index in [2.05, 4.69) is 0 Å². The molecule has 0 saturated carbocycles. The van der Waals surface area contributed by atoms with Gasteiger partial charge in [-0.1, -0.05) is 0 Å². The predicted molar refractivity (Wildman–Crippen MR) is 116 cm³/mol. The standard InChI is InChI=1S/C22H27NO11/c1-6-30-18(26)12-13(24)10-7-8-11(9(2)15(10)32-19(12)27)31-20-14(25)16(33-21(23)28)17(29-5)22(3,4)34-20/h7-8,14,16-17,20,24-25H,6H2,1-5H3,(H2,23,28)/t14-,16-,17-,20-/m1/s1. The molecule has 34 heavy (non-hydrogen) atoms. The van der Waals surface area contributed by atoms with Crippen molar-refractivity contribution >= 4 is 23.0 Å². The van der Waals surface area contributed by atoms with Crippen molar-refractivity contribution in [2.75, 3.05) is 13.7 Å². The highest BCUT2D eigenvalue weighted by atomic mass is 16.7. The minimum atomic E-state index is -1.49. The van der Waals surface area contributed by atoms with Crippen LogP contribution in [0.4, 0.5) is 4.79 Å². The molecule has 0 aliphatic carbocycles. The molecule has 1 aromatic carbocycles. The van der Waals surface area contributed by atoms with Crippen LogP contribution in [0.2, 0.25) is 0 Å². The number of fused-ring (bicyclic) bond motifs is 1. The fourth-order valence-corrected chi connectivity index (χ4v) is 3.95. The van der Waals surface area contributed by atoms with E-state index in [9.17, 15) is 24.6 Å². The van der Waals surface area contributed by atoms with E-state index in [4.69, 9.17) is 33.8 Å². The second kappa shape index (κ2) is 9.49. The summed E-state index contributed by atoms with van der Waals surface area (Å²) in [5.74, 6) is -1.47. The number of carbonyl (C=O) groups is 2. The van der Waals surface area contributed by atoms with Crippen molar-refractivity contribution in [3.63, 3.8) is 0 Å². The average molecular weight is 481 g/mol. The molecule has 186 valence electrons. The van der Waals surface area contributed by atoms with E-state index >= 15 is 0 Å². The van der Waals surface area contributed by atoms with Crippen molar-refractivity contribution in [3.05, 3.63) is 33.7 Å². The summed E-state index contributed by atoms with van der Waals surface area (Å²) in [5.41, 5.74) is 2.61. The summed E-state index contributed by atoms with van der Waals surface area (Å²) in [7, 11) is 1.37. The van der Waals surface area contributed by atoms with Crippen LogP contribution in [0.5, 0.6) is 11.5 Å². The zero-order valence-electron chi connectivity index (χ0n) is 19.3. The first-order chi connectivity index (χ1) is 15.9. The summed E-state index contributed by atoms with van der Waals surface area (Å²) in [5, 5.41) is 21.4. The van der Waals surface area contributed by atoms with Crippen LogP contribution >= 0.6 is 0 Å². The van der Waals surface area contributed by atoms with E-state index in [1.165, 1.54) is 19.2 Å². The number of aliphatic hydroxyl groups is 1. The average Bonchev–Trinajstić information content (AvgIpc) is 2.73. The maximum atomic E-state index is 12.4. The summed E-state index contributed by atoms with van der Waals surface area (Å²) in [6, 6.07) is 2.80. The molecule has 1 saturated heterocycles. The van der Waals surface area contributed by atoms with E-state index in [-0.39, 0.29) is 28.9 Å². The highest BCUT2D eigenvalue weighted by molar-refractivity contribution is 5.99. The first-order valence-corrected chi connectivity index (χ1v) is 10.4. The Balaban J connectivity index is 2.00. The third-order valence-corrected chi connectivity index (χ3v) is 5.49. The molecule has 3 rings (SSSR count). The van der Waals surface area contributed by atoms with Crippen LogP contribution in [0, 0.1) is 6.92 Å². The number of carbonyl (C=O) groups excluding carboxylic acids is 2. The summed E-state index contributed by atoms with van der Waals surface area (Å²) in [6.07, 6.45) is -6.00. The predicted octanol–water partition coefficient (Wildman–Crippen LogP) is 1.34. The molecular formula is C22H27NO11. The van der Waals surface area contributed by atoms with E-state index in [0.717, 1.165) is 0 Å². The smallest absolute Gasteiger partial charge is 0.404 e. The maximum absolute atomic E-state index is 12.4. The molecule has 1 aliphatic heterocycles. The van der Waals surface area contributed by atoms with Gasteiger partial charge in [-0.15, -0.1) is 0 Å². The largest absolute Gasteiger partial charge is 0.506 e. The molecule has 1 aliphatic rings. The van der Waals surface area contributed by atoms with Gasteiger partial charge < -0.3 is 44.0 Å². The summed E-state index contributed by atoms with van der Waals surface area (Å²) < 4.78 is 32.2. The Morgan fingerprint density at radius 3 is 2.53 bits per heavy atom. The number of ether oxygens (including phenoxy) is 5. The number of nitrogens with two attached hydrogens (primary N) is 1. The van der Waals surface area contributed by atoms with Crippen LogP contribution in [-0.4, -0.2) is 66.2 Å². The minimum Gasteiger partial charge on any atom is -0.506 e. The highest BCUT2D eigenvalue weighted by Crippen LogP contribution is 2.37. The van der Waals surface area contributed by atoms with Gasteiger partial charge in [-0.05, 0) is 39.8 Å². The number of hydrogen-bond donors (Lipinski definition) is 3. The van der Waals surface area contributed by atoms with Crippen LogP contribution in [0.1, 0.15) is 36.7 Å². The Morgan fingerprint density at radius 2 is 1.94 bits per heavy atom. The van der Waals surface area contributed by atoms with Crippen LogP contribution < -0.4 is 16.1 Å². The zero-order chi connectivity index (χ0) is 25.4. The Hall–Kier alpha value is -3.35. The number of esters is 1. The fraction of sp³-hybridized carbons (Fsp3) is 0.500. The van der Waals surface area contributed by atoms with Gasteiger partial charge in [-0.25, -0.2) is 14.4 Å². The Bertz CT molecular complexity index is 1160. The fourth-order valence-electron chi connectivity index (χ4n) is 3.95. The molecule has 1 fully saturated rings. The van der Waals surface area contributed by atoms with Crippen molar-refractivity contribution in [1.29, 1.82) is 0 Å². The summed E-state index contributed by atoms with van der Waals surface area (Å²) in [4.78, 5) is 35.8. The quantitative estimate of drug-likeness (QED) is 0.401. The van der Waals surface area contributed by atoms with E-state index in [0.29, 0.717) is 0 Å². The lowest BCUT2D eigenvalue weighted by molar-refractivity contribution is -0.304. The van der Waals surface area contributed by atoms with Crippen molar-refractivity contribution in [1.82, 2.24) is 0 Å². The topological polar surface area (TPSA) is 177 Å². The molecular weight excluding hydrogens is 454 g/mol. The monoisotopic (exact) mass is 481 g/mol. The van der Waals surface area contributed by atoms with Crippen molar-refractivity contribution in [3.8, 4) is 11.5 Å². The van der Waals surface area contributed by atoms with Gasteiger partial charge in [0, 0.05) is 12.7 Å². The van der Waals surface area contributed by atoms with E-state index < -0.39 is 59.2 Å². The lowest BCUT2D eigenvalue weighted by Gasteiger charge is -2.47. The molecule has 4 N–H and O–H groups in total. The minimum absolute atomic E-state index is 0.00596. The van der Waals surface area contributed by atoms with Gasteiger partial charge in [0.25, 0.3) is 0 Å². The first-order valence-electron chi connectivity index (χ1n) is 10.4. The molecule has 0 unspecified atom stereocenters. The number of primary amides is 1. The zero-order valence-corrected chi connectivity index (χ0v) is 19.3. The molecule has 2 aromatic rings. The third kappa shape index (κ3) is 4.52. The van der Waals surface area contributed by atoms with E-state index in [1.54, 1.807) is 27.7 Å². The Labute approximate surface area is 194 Å². The second-order valence-corrected chi connectivity index (χ2v) is 8.15. The number of aryl methyl sites for hydroxylation is 1. The molecule has 12 nitrogen and oxygen atoms in total. The molecule has 0 spiro atoms. The number of aromatic hydroxyl groups is 1. The van der Waals surface area contributed by atoms with Crippen LogP contribution in [0.3, 0.4) is 0 Å². The van der Waals surface area contributed by atoms with Crippen molar-refractivity contribution in [2.45, 2.75) is 57.9 Å². The number of rotatable bonds is 6. The first kappa shape index (κ1) is 25.3. The summed E-state index contributed by atoms with van der Waals surface area (Å²) >= 11 is 0. The molecule has 4 atom stereocenters. The van der Waals surface area contributed by atoms with Gasteiger partial charge in [0.05, 0.1) is 17.6 Å². The molecule has 0 bridgehead atoms. The molecule has 2 heterocycles. The third-order valence-electron chi connectivity index (χ3n) is 5.49. The number of amides is 1. The SMILES string of the molecule is CCOC(=O)c1c(O)c2ccc(O[C@@H]3OC(C)(C)[C@H](OC)[C@H](OC(N)=O)[C@H]3O)c(C)c2oc1=O. The maximum Gasteiger partial charge on any atom is 0.404 e. The van der Waals surface area contributed by atoms with Gasteiger partial charge in [0.15, 0.2) is 17.8 Å². The van der Waals surface area contributed by atoms with Crippen molar-refractivity contribution in [2.24, 2.45) is 5.73 Å². The van der Waals surface area contributed by atoms with Crippen LogP contribution in [-0.2, 0) is 18.9 Å². The van der Waals surface area contributed by atoms with Crippen LogP contribution in [0.25, 0.3) is 11.0 Å². The normalized spacial score (nSPS) is 23.9. The van der Waals surface area contributed by atoms with Gasteiger partial charge in [0.2, 0.25) is 6.29 Å². The summed E-state index contributed by atoms with van der Waals surface area (Å²) in [6.45, 7) is 6.41. The number of methoxy groups -OCH3 is 1. The van der Waals surface area contributed by atoms with Gasteiger partial charge in [0.1, 0.15) is 23.2 Å². The van der Waals surface area contributed by atoms with Gasteiger partial charge in [-0.2, -0.15) is 0 Å². The molecule has 12 heteroatoms. The van der Waals surface area contributed by atoms with E-state index in [1.807, 2.05) is 0 Å². The van der Waals surface area contributed by atoms with Crippen LogP contribution in [0.15, 0.2) is 21.3 Å². The van der Waals surface area contributed by atoms with Gasteiger partial charge >= 0.3 is 17.7 Å². The molecule has 1 aromatic heterocycles. The lowest BCUT2D eigenvalue weighted by atomic mass is 9.89. The Kier molecular flexibility index (Phi) is 7.05. The van der Waals surface area contributed by atoms with Gasteiger partial charge in [-0.3, -0.25) is 0 Å². The van der Waals surface area contributed by atoms with Crippen molar-refractivity contribution < 1.29 is 47.9 Å². The lowest BCUT2D eigenvalue weighted by Crippen LogP contribution is -2.65. The number of benzene rings is 1. The number of aliphatic hydroxyl groups excluding tert-OH is 1. The molecule has 0 radical (unpaired) electrons. The highest BCUT2D eigenvalue weighted by Gasteiger charge is 2.53. The second-order valence-electron chi connectivity index (χ2n) is 8.15. The Morgan fingerprint density at radius 1 is 1.26 bits per heavy atom. The molecule has 1 amide bonds.